The van der Waals surface area contributed by atoms with Crippen LogP contribution in [0.15, 0.2) is 36.9 Å². The Bertz CT molecular complexity index is 581. The van der Waals surface area contributed by atoms with Crippen LogP contribution in [0.5, 0.6) is 0 Å². The molecule has 0 atom stereocenters. The van der Waals surface area contributed by atoms with Crippen molar-refractivity contribution >= 4 is 17.7 Å². The van der Waals surface area contributed by atoms with E-state index in [2.05, 4.69) is 12.0 Å². The first-order chi connectivity index (χ1) is 10.4. The average molecular weight is 302 g/mol. The Morgan fingerprint density at radius 3 is 2.86 bits per heavy atom. The largest absolute Gasteiger partial charge is 0.442 e. The number of nitrogens with zero attached hydrogens (tertiary/aromatic N) is 1. The van der Waals surface area contributed by atoms with Gasteiger partial charge in [0.1, 0.15) is 5.60 Å². The number of carbonyl (C=O) groups is 2. The highest BCUT2D eigenvalue weighted by atomic mass is 16.6. The first-order valence-corrected chi connectivity index (χ1v) is 7.44. The van der Waals surface area contributed by atoms with Gasteiger partial charge in [-0.15, -0.1) is 6.58 Å². The lowest BCUT2D eigenvalue weighted by molar-refractivity contribution is -0.119. The topological polar surface area (TPSA) is 58.6 Å². The smallest absolute Gasteiger partial charge is 0.427 e. The van der Waals surface area contributed by atoms with E-state index >= 15 is 0 Å². The molecule has 1 aromatic carbocycles. The van der Waals surface area contributed by atoms with E-state index < -0.39 is 11.7 Å². The zero-order valence-corrected chi connectivity index (χ0v) is 13.1. The van der Waals surface area contributed by atoms with Crippen molar-refractivity contribution < 1.29 is 14.3 Å². The Kier molecular flexibility index (Phi) is 4.85. The lowest BCUT2D eigenvalue weighted by Gasteiger charge is -2.31. The third-order valence-corrected chi connectivity index (χ3v) is 3.61. The molecule has 22 heavy (non-hydrogen) atoms. The first-order valence-electron chi connectivity index (χ1n) is 7.44. The predicted molar refractivity (Wildman–Crippen MR) is 85.4 cm³/mol. The minimum atomic E-state index is -0.626. The fraction of sp³-hybridized carbons (Fsp3) is 0.412. The number of allylic oxidation sites excluding steroid dienone is 1. The molecule has 0 aromatic heterocycles. The number of hydrazine groups is 1. The molecule has 1 aromatic rings. The third kappa shape index (κ3) is 3.87. The minimum absolute atomic E-state index is 0.139. The van der Waals surface area contributed by atoms with E-state index in [4.69, 9.17) is 4.74 Å². The SMILES string of the molecule is C=CCCC(C)(C)OC(=O)NN1C(=O)CCc2ccccc21. The van der Waals surface area contributed by atoms with E-state index in [-0.39, 0.29) is 5.91 Å². The van der Waals surface area contributed by atoms with Gasteiger partial charge >= 0.3 is 6.09 Å². The molecule has 1 N–H and O–H groups in total. The zero-order valence-electron chi connectivity index (χ0n) is 13.1. The number of amides is 2. The van der Waals surface area contributed by atoms with Crippen molar-refractivity contribution in [2.24, 2.45) is 0 Å². The number of anilines is 1. The van der Waals surface area contributed by atoms with E-state index in [1.807, 2.05) is 38.1 Å². The van der Waals surface area contributed by atoms with Gasteiger partial charge in [-0.05, 0) is 44.7 Å². The lowest BCUT2D eigenvalue weighted by atomic mass is 10.0. The van der Waals surface area contributed by atoms with Gasteiger partial charge in [-0.2, -0.15) is 0 Å². The first kappa shape index (κ1) is 16.1. The van der Waals surface area contributed by atoms with Crippen LogP contribution in [0.25, 0.3) is 0 Å². The van der Waals surface area contributed by atoms with E-state index in [9.17, 15) is 9.59 Å². The Morgan fingerprint density at radius 1 is 1.41 bits per heavy atom. The van der Waals surface area contributed by atoms with Gasteiger partial charge in [0.05, 0.1) is 5.69 Å². The molecular weight excluding hydrogens is 280 g/mol. The Hall–Kier alpha value is -2.30. The van der Waals surface area contributed by atoms with Crippen LogP contribution in [0.4, 0.5) is 10.5 Å². The molecule has 5 nitrogen and oxygen atoms in total. The Morgan fingerprint density at radius 2 is 2.14 bits per heavy atom. The van der Waals surface area contributed by atoms with Gasteiger partial charge in [0.15, 0.2) is 0 Å². The highest BCUT2D eigenvalue weighted by Gasteiger charge is 2.28. The van der Waals surface area contributed by atoms with Crippen molar-refractivity contribution in [2.75, 3.05) is 5.01 Å². The molecule has 2 rings (SSSR count). The Balaban J connectivity index is 2.05. The number of aryl methyl sites for hydroxylation is 1. The van der Waals surface area contributed by atoms with Crippen LogP contribution in [0, 0.1) is 0 Å². The summed E-state index contributed by atoms with van der Waals surface area (Å²) in [6, 6.07) is 7.53. The molecule has 0 unspecified atom stereocenters. The summed E-state index contributed by atoms with van der Waals surface area (Å²) in [6.07, 6.45) is 3.65. The van der Waals surface area contributed by atoms with Gasteiger partial charge in [-0.1, -0.05) is 24.3 Å². The molecule has 1 heterocycles. The molecule has 2 amide bonds. The van der Waals surface area contributed by atoms with Crippen molar-refractivity contribution in [1.29, 1.82) is 0 Å². The Labute approximate surface area is 130 Å². The van der Waals surface area contributed by atoms with Crippen LogP contribution >= 0.6 is 0 Å². The number of benzene rings is 1. The number of hydrogen-bond acceptors (Lipinski definition) is 3. The molecule has 5 heteroatoms. The van der Waals surface area contributed by atoms with Crippen molar-refractivity contribution in [3.63, 3.8) is 0 Å². The highest BCUT2D eigenvalue weighted by molar-refractivity contribution is 5.98. The molecule has 0 bridgehead atoms. The van der Waals surface area contributed by atoms with Gasteiger partial charge < -0.3 is 4.74 Å². The zero-order chi connectivity index (χ0) is 16.2. The molecule has 0 aliphatic carbocycles. The summed E-state index contributed by atoms with van der Waals surface area (Å²) in [5, 5.41) is 1.28. The van der Waals surface area contributed by atoms with E-state index in [1.165, 1.54) is 5.01 Å². The molecule has 0 radical (unpaired) electrons. The summed E-state index contributed by atoms with van der Waals surface area (Å²) in [7, 11) is 0. The molecule has 118 valence electrons. The highest BCUT2D eigenvalue weighted by Crippen LogP contribution is 2.26. The van der Waals surface area contributed by atoms with E-state index in [0.717, 1.165) is 12.0 Å². The van der Waals surface area contributed by atoms with Crippen molar-refractivity contribution in [2.45, 2.75) is 45.1 Å². The van der Waals surface area contributed by atoms with Gasteiger partial charge in [0.25, 0.3) is 0 Å². The number of rotatable bonds is 5. The van der Waals surface area contributed by atoms with Crippen LogP contribution in [-0.2, 0) is 16.0 Å². The third-order valence-electron chi connectivity index (χ3n) is 3.61. The standard InChI is InChI=1S/C17H22N2O3/c1-4-5-12-17(2,3)22-16(21)18-19-14-9-7-6-8-13(14)10-11-15(19)20/h4,6-9H,1,5,10-12H2,2-3H3,(H,18,21). The summed E-state index contributed by atoms with van der Waals surface area (Å²) in [5.41, 5.74) is 3.68. The number of ether oxygens (including phenoxy) is 1. The summed E-state index contributed by atoms with van der Waals surface area (Å²) in [6.45, 7) is 7.33. The monoisotopic (exact) mass is 302 g/mol. The van der Waals surface area contributed by atoms with Crippen LogP contribution in [0.3, 0.4) is 0 Å². The van der Waals surface area contributed by atoms with Gasteiger partial charge in [0, 0.05) is 6.42 Å². The van der Waals surface area contributed by atoms with Crippen LogP contribution in [0.1, 0.15) is 38.7 Å². The number of fused-ring (bicyclic) bond motifs is 1. The summed E-state index contributed by atoms with van der Waals surface area (Å²) >= 11 is 0. The maximum Gasteiger partial charge on any atom is 0.427 e. The second kappa shape index (κ2) is 6.64. The maximum absolute atomic E-state index is 12.1. The quantitative estimate of drug-likeness (QED) is 0.849. The van der Waals surface area contributed by atoms with Crippen LogP contribution in [0.2, 0.25) is 0 Å². The number of para-hydroxylation sites is 1. The lowest BCUT2D eigenvalue weighted by Crippen LogP contribution is -2.50. The predicted octanol–water partition coefficient (Wildman–Crippen LogP) is 3.35. The average Bonchev–Trinajstić information content (AvgIpc) is 2.48. The molecule has 1 aliphatic rings. The van der Waals surface area contributed by atoms with Crippen molar-refractivity contribution in [3.8, 4) is 0 Å². The minimum Gasteiger partial charge on any atom is -0.442 e. The molecule has 1 aliphatic heterocycles. The number of carbonyl (C=O) groups excluding carboxylic acids is 2. The second-order valence-electron chi connectivity index (χ2n) is 5.95. The van der Waals surface area contributed by atoms with Crippen molar-refractivity contribution in [1.82, 2.24) is 5.43 Å². The number of hydrogen-bond donors (Lipinski definition) is 1. The van der Waals surface area contributed by atoms with Crippen molar-refractivity contribution in [3.05, 3.63) is 42.5 Å². The van der Waals surface area contributed by atoms with Gasteiger partial charge in [-0.25, -0.2) is 15.2 Å². The fourth-order valence-corrected chi connectivity index (χ4v) is 2.42. The van der Waals surface area contributed by atoms with E-state index in [1.54, 1.807) is 6.08 Å². The summed E-state index contributed by atoms with van der Waals surface area (Å²) in [4.78, 5) is 24.2. The van der Waals surface area contributed by atoms with Crippen LogP contribution < -0.4 is 10.4 Å². The molecule has 0 fully saturated rings. The van der Waals surface area contributed by atoms with Gasteiger partial charge in [0.2, 0.25) is 5.91 Å². The van der Waals surface area contributed by atoms with Crippen LogP contribution in [-0.4, -0.2) is 17.6 Å². The number of nitrogens with one attached hydrogen (secondary N) is 1. The summed E-state index contributed by atoms with van der Waals surface area (Å²) in [5.74, 6) is -0.139. The summed E-state index contributed by atoms with van der Waals surface area (Å²) < 4.78 is 5.41. The molecular formula is C17H22N2O3. The normalized spacial score (nSPS) is 14.3. The maximum atomic E-state index is 12.1. The van der Waals surface area contributed by atoms with Gasteiger partial charge in [-0.3, -0.25) is 4.79 Å². The molecule has 0 saturated heterocycles. The molecule has 0 spiro atoms. The molecule has 0 saturated carbocycles. The second-order valence-corrected chi connectivity index (χ2v) is 5.95. The van der Waals surface area contributed by atoms with E-state index in [0.29, 0.717) is 24.9 Å². The fourth-order valence-electron chi connectivity index (χ4n) is 2.42.